The summed E-state index contributed by atoms with van der Waals surface area (Å²) in [6.07, 6.45) is 0.651. The van der Waals surface area contributed by atoms with Gasteiger partial charge in [0, 0.05) is 18.2 Å². The largest absolute Gasteiger partial charge is 0.507 e. The number of hydrogen-bond acceptors (Lipinski definition) is 3. The first-order valence-electron chi connectivity index (χ1n) is 6.65. The summed E-state index contributed by atoms with van der Waals surface area (Å²) in [5, 5.41) is 12.4. The summed E-state index contributed by atoms with van der Waals surface area (Å²) in [4.78, 5) is 11.9. The molecule has 0 spiro atoms. The van der Waals surface area contributed by atoms with Crippen molar-refractivity contribution < 1.29 is 9.90 Å². The maximum absolute atomic E-state index is 11.9. The van der Waals surface area contributed by atoms with Crippen LogP contribution in [0.15, 0.2) is 53.0 Å². The van der Waals surface area contributed by atoms with Gasteiger partial charge in [-0.15, -0.1) is 0 Å². The maximum Gasteiger partial charge on any atom is 0.251 e. The van der Waals surface area contributed by atoms with E-state index >= 15 is 0 Å². The third kappa shape index (κ3) is 4.31. The summed E-state index contributed by atoms with van der Waals surface area (Å²) in [5.41, 5.74) is 7.54. The number of carbonyl (C=O) groups excluding carboxylic acids is 1. The lowest BCUT2D eigenvalue weighted by Crippen LogP contribution is -2.27. The molecule has 1 amide bonds. The molecule has 0 aliphatic carbocycles. The number of nitrogens with two attached hydrogens (primary N) is 1. The highest BCUT2D eigenvalue weighted by molar-refractivity contribution is 9.10. The SMILES string of the molecule is NC(CCNC(=O)c1ccc(Br)c(O)c1)c1ccccc1. The van der Waals surface area contributed by atoms with Gasteiger partial charge in [-0.05, 0) is 46.1 Å². The maximum atomic E-state index is 11.9. The van der Waals surface area contributed by atoms with Crippen molar-refractivity contribution in [2.24, 2.45) is 5.73 Å². The van der Waals surface area contributed by atoms with Crippen LogP contribution in [0.3, 0.4) is 0 Å². The minimum Gasteiger partial charge on any atom is -0.507 e. The number of phenolic OH excluding ortho intramolecular Hbond substituents is 1. The normalized spacial score (nSPS) is 11.9. The second-order valence-corrected chi connectivity index (χ2v) is 5.58. The van der Waals surface area contributed by atoms with E-state index < -0.39 is 0 Å². The van der Waals surface area contributed by atoms with Gasteiger partial charge in [0.1, 0.15) is 5.75 Å². The summed E-state index contributed by atoms with van der Waals surface area (Å²) in [7, 11) is 0. The number of phenols is 1. The van der Waals surface area contributed by atoms with Crippen molar-refractivity contribution in [3.05, 3.63) is 64.1 Å². The van der Waals surface area contributed by atoms with Gasteiger partial charge in [0.15, 0.2) is 0 Å². The fraction of sp³-hybridized carbons (Fsp3) is 0.188. The molecule has 21 heavy (non-hydrogen) atoms. The molecule has 4 nitrogen and oxygen atoms in total. The highest BCUT2D eigenvalue weighted by Gasteiger charge is 2.09. The number of halogens is 1. The lowest BCUT2D eigenvalue weighted by molar-refractivity contribution is 0.0952. The first-order chi connectivity index (χ1) is 10.1. The van der Waals surface area contributed by atoms with Gasteiger partial charge in [-0.3, -0.25) is 4.79 Å². The third-order valence-electron chi connectivity index (χ3n) is 3.18. The highest BCUT2D eigenvalue weighted by atomic mass is 79.9. The molecule has 0 fully saturated rings. The lowest BCUT2D eigenvalue weighted by atomic mass is 10.1. The van der Waals surface area contributed by atoms with E-state index in [1.54, 1.807) is 12.1 Å². The van der Waals surface area contributed by atoms with Crippen LogP contribution in [0.25, 0.3) is 0 Å². The Morgan fingerprint density at radius 1 is 1.24 bits per heavy atom. The van der Waals surface area contributed by atoms with Crippen molar-refractivity contribution in [1.82, 2.24) is 5.32 Å². The van der Waals surface area contributed by atoms with E-state index in [1.165, 1.54) is 6.07 Å². The Morgan fingerprint density at radius 3 is 2.62 bits per heavy atom. The average molecular weight is 349 g/mol. The van der Waals surface area contributed by atoms with E-state index in [0.717, 1.165) is 5.56 Å². The third-order valence-corrected chi connectivity index (χ3v) is 3.85. The van der Waals surface area contributed by atoms with Crippen molar-refractivity contribution in [1.29, 1.82) is 0 Å². The fourth-order valence-corrected chi connectivity index (χ4v) is 2.21. The molecule has 110 valence electrons. The van der Waals surface area contributed by atoms with Crippen molar-refractivity contribution >= 4 is 21.8 Å². The van der Waals surface area contributed by atoms with Crippen molar-refractivity contribution in [3.8, 4) is 5.75 Å². The molecule has 0 bridgehead atoms. The molecule has 0 saturated carbocycles. The molecule has 0 aromatic heterocycles. The molecule has 5 heteroatoms. The van der Waals surface area contributed by atoms with Crippen LogP contribution in [0.4, 0.5) is 0 Å². The zero-order valence-corrected chi connectivity index (χ0v) is 13.0. The zero-order chi connectivity index (χ0) is 15.2. The standard InChI is InChI=1S/C16H17BrN2O2/c17-13-7-6-12(10-15(13)20)16(21)19-9-8-14(18)11-4-2-1-3-5-11/h1-7,10,14,20H,8-9,18H2,(H,19,21). The van der Waals surface area contributed by atoms with Gasteiger partial charge < -0.3 is 16.2 Å². The van der Waals surface area contributed by atoms with Gasteiger partial charge >= 0.3 is 0 Å². The molecule has 2 aromatic rings. The molecule has 0 aliphatic heterocycles. The number of carbonyl (C=O) groups is 1. The second kappa shape index (κ2) is 7.24. The van der Waals surface area contributed by atoms with Crippen LogP contribution in [0.5, 0.6) is 5.75 Å². The van der Waals surface area contributed by atoms with E-state index in [2.05, 4.69) is 21.2 Å². The van der Waals surface area contributed by atoms with Gasteiger partial charge in [0.25, 0.3) is 5.91 Å². The Hall–Kier alpha value is -1.85. The summed E-state index contributed by atoms with van der Waals surface area (Å²) in [5.74, 6) is -0.179. The van der Waals surface area contributed by atoms with Crippen molar-refractivity contribution in [2.75, 3.05) is 6.54 Å². The molecule has 1 unspecified atom stereocenters. The Labute approximate surface area is 132 Å². The Morgan fingerprint density at radius 2 is 1.95 bits per heavy atom. The van der Waals surface area contributed by atoms with Crippen LogP contribution in [-0.2, 0) is 0 Å². The lowest BCUT2D eigenvalue weighted by Gasteiger charge is -2.12. The smallest absolute Gasteiger partial charge is 0.251 e. The van der Waals surface area contributed by atoms with Gasteiger partial charge in [-0.25, -0.2) is 0 Å². The molecule has 0 radical (unpaired) electrons. The number of amides is 1. The summed E-state index contributed by atoms with van der Waals surface area (Å²) < 4.78 is 0.560. The van der Waals surface area contributed by atoms with Crippen molar-refractivity contribution in [3.63, 3.8) is 0 Å². The molecule has 1 atom stereocenters. The van der Waals surface area contributed by atoms with Crippen LogP contribution in [0, 0.1) is 0 Å². The zero-order valence-electron chi connectivity index (χ0n) is 11.4. The molecule has 0 aliphatic rings. The summed E-state index contributed by atoms with van der Waals surface area (Å²) in [6.45, 7) is 0.478. The van der Waals surface area contributed by atoms with Crippen LogP contribution in [0.1, 0.15) is 28.4 Å². The molecule has 0 saturated heterocycles. The number of nitrogens with one attached hydrogen (secondary N) is 1. The van der Waals surface area contributed by atoms with Crippen LogP contribution < -0.4 is 11.1 Å². The Balaban J connectivity index is 1.85. The molecule has 0 heterocycles. The van der Waals surface area contributed by atoms with Gasteiger partial charge in [-0.2, -0.15) is 0 Å². The van der Waals surface area contributed by atoms with Crippen LogP contribution in [0.2, 0.25) is 0 Å². The summed E-state index contributed by atoms with van der Waals surface area (Å²) in [6, 6.07) is 14.4. The first-order valence-corrected chi connectivity index (χ1v) is 7.44. The van der Waals surface area contributed by atoms with Crippen LogP contribution in [-0.4, -0.2) is 17.6 Å². The minimum atomic E-state index is -0.224. The van der Waals surface area contributed by atoms with E-state index in [-0.39, 0.29) is 17.7 Å². The van der Waals surface area contributed by atoms with Gasteiger partial charge in [0.2, 0.25) is 0 Å². The van der Waals surface area contributed by atoms with Crippen LogP contribution >= 0.6 is 15.9 Å². The number of rotatable bonds is 5. The van der Waals surface area contributed by atoms with E-state index in [1.807, 2.05) is 30.3 Å². The van der Waals surface area contributed by atoms with E-state index in [9.17, 15) is 9.90 Å². The van der Waals surface area contributed by atoms with Crippen molar-refractivity contribution in [2.45, 2.75) is 12.5 Å². The quantitative estimate of drug-likeness (QED) is 0.777. The molecule has 4 N–H and O–H groups in total. The molecular weight excluding hydrogens is 332 g/mol. The Kier molecular flexibility index (Phi) is 5.36. The molecule has 2 aromatic carbocycles. The number of hydrogen-bond donors (Lipinski definition) is 3. The van der Waals surface area contributed by atoms with Gasteiger partial charge in [-0.1, -0.05) is 30.3 Å². The average Bonchev–Trinajstić information content (AvgIpc) is 2.50. The molecule has 2 rings (SSSR count). The number of benzene rings is 2. The monoisotopic (exact) mass is 348 g/mol. The first kappa shape index (κ1) is 15.5. The highest BCUT2D eigenvalue weighted by Crippen LogP contribution is 2.24. The van der Waals surface area contributed by atoms with Gasteiger partial charge in [0.05, 0.1) is 4.47 Å². The predicted molar refractivity (Wildman–Crippen MR) is 86.1 cm³/mol. The summed E-state index contributed by atoms with van der Waals surface area (Å²) >= 11 is 3.18. The molecular formula is C16H17BrN2O2. The topological polar surface area (TPSA) is 75.3 Å². The fourth-order valence-electron chi connectivity index (χ4n) is 1.96. The minimum absolute atomic E-state index is 0.0450. The number of aromatic hydroxyl groups is 1. The second-order valence-electron chi connectivity index (χ2n) is 4.73. The van der Waals surface area contributed by atoms with E-state index in [0.29, 0.717) is 23.0 Å². The Bertz CT molecular complexity index is 617. The predicted octanol–water partition coefficient (Wildman–Crippen LogP) is 2.97. The van der Waals surface area contributed by atoms with E-state index in [4.69, 9.17) is 5.73 Å².